The molecule has 2 aromatic heterocycles. The third-order valence-electron chi connectivity index (χ3n) is 3.07. The van der Waals surface area contributed by atoms with Crippen LogP contribution in [-0.2, 0) is 0 Å². The molecule has 0 spiro atoms. The summed E-state index contributed by atoms with van der Waals surface area (Å²) in [6, 6.07) is 9.76. The van der Waals surface area contributed by atoms with Gasteiger partial charge in [0, 0.05) is 12.2 Å². The van der Waals surface area contributed by atoms with E-state index in [0.29, 0.717) is 18.1 Å². The molecule has 20 heavy (non-hydrogen) atoms. The molecule has 0 aliphatic rings. The highest BCUT2D eigenvalue weighted by Gasteiger charge is 2.18. The largest absolute Gasteiger partial charge is 0.395 e. The zero-order chi connectivity index (χ0) is 13.9. The zero-order valence-electron chi connectivity index (χ0n) is 11.0. The summed E-state index contributed by atoms with van der Waals surface area (Å²) in [5, 5.41) is 14.0. The molecule has 0 fully saturated rings. The first-order valence-electron chi connectivity index (χ1n) is 6.31. The Balaban J connectivity index is 2.17. The lowest BCUT2D eigenvalue weighted by Gasteiger charge is -2.23. The highest BCUT2D eigenvalue weighted by Crippen LogP contribution is 2.30. The van der Waals surface area contributed by atoms with Crippen molar-refractivity contribution in [3.05, 3.63) is 42.4 Å². The second kappa shape index (κ2) is 5.26. The number of anilines is 2. The summed E-state index contributed by atoms with van der Waals surface area (Å²) in [5.74, 6) is 0.689. The van der Waals surface area contributed by atoms with Crippen LogP contribution in [0.1, 0.15) is 5.69 Å². The van der Waals surface area contributed by atoms with Crippen LogP contribution in [-0.4, -0.2) is 33.4 Å². The Bertz CT molecular complexity index is 712. The molecule has 1 N–H and O–H groups in total. The van der Waals surface area contributed by atoms with Gasteiger partial charge in [0.05, 0.1) is 12.3 Å². The van der Waals surface area contributed by atoms with Crippen molar-refractivity contribution < 1.29 is 9.63 Å². The lowest BCUT2D eigenvalue weighted by molar-refractivity contribution is 0.305. The first-order chi connectivity index (χ1) is 9.81. The quantitative estimate of drug-likeness (QED) is 0.782. The number of aromatic nitrogens is 3. The standard InChI is InChI=1S/C14H14N4O2/c1-10-12-13(15-9-16-14(12)20-17-10)18(7-8-19)11-5-3-2-4-6-11/h2-6,9,19H,7-8H2,1H3. The van der Waals surface area contributed by atoms with Crippen molar-refractivity contribution in [1.82, 2.24) is 15.1 Å². The van der Waals surface area contributed by atoms with Gasteiger partial charge in [-0.2, -0.15) is 4.98 Å². The van der Waals surface area contributed by atoms with Gasteiger partial charge in [0.25, 0.3) is 5.71 Å². The van der Waals surface area contributed by atoms with Gasteiger partial charge >= 0.3 is 0 Å². The topological polar surface area (TPSA) is 75.3 Å². The van der Waals surface area contributed by atoms with Crippen LogP contribution in [0.5, 0.6) is 0 Å². The van der Waals surface area contributed by atoms with Crippen LogP contribution in [0.25, 0.3) is 11.1 Å². The van der Waals surface area contributed by atoms with Gasteiger partial charge in [0.1, 0.15) is 17.5 Å². The van der Waals surface area contributed by atoms with Gasteiger partial charge in [0.2, 0.25) is 0 Å². The predicted molar refractivity (Wildman–Crippen MR) is 74.9 cm³/mol. The number of aliphatic hydroxyl groups excluding tert-OH is 1. The molecule has 0 radical (unpaired) electrons. The Morgan fingerprint density at radius 2 is 2.00 bits per heavy atom. The summed E-state index contributed by atoms with van der Waals surface area (Å²) < 4.78 is 5.16. The first-order valence-corrected chi connectivity index (χ1v) is 6.31. The normalized spacial score (nSPS) is 10.9. The number of nitrogens with zero attached hydrogens (tertiary/aromatic N) is 4. The fourth-order valence-corrected chi connectivity index (χ4v) is 2.17. The lowest BCUT2D eigenvalue weighted by Crippen LogP contribution is -2.22. The number of fused-ring (bicyclic) bond motifs is 1. The molecule has 0 bridgehead atoms. The van der Waals surface area contributed by atoms with Crippen LogP contribution in [0, 0.1) is 6.92 Å². The van der Waals surface area contributed by atoms with E-state index < -0.39 is 0 Å². The monoisotopic (exact) mass is 270 g/mol. The van der Waals surface area contributed by atoms with Crippen LogP contribution in [0.15, 0.2) is 41.2 Å². The van der Waals surface area contributed by atoms with Crippen LogP contribution in [0.3, 0.4) is 0 Å². The smallest absolute Gasteiger partial charge is 0.263 e. The number of aliphatic hydroxyl groups is 1. The summed E-state index contributed by atoms with van der Waals surface area (Å²) in [6.45, 7) is 2.30. The Hall–Kier alpha value is -2.47. The number of para-hydroxylation sites is 1. The molecule has 3 aromatic rings. The summed E-state index contributed by atoms with van der Waals surface area (Å²) in [5.41, 5.74) is 2.13. The molecule has 0 saturated carbocycles. The second-order valence-corrected chi connectivity index (χ2v) is 4.36. The second-order valence-electron chi connectivity index (χ2n) is 4.36. The van der Waals surface area contributed by atoms with Gasteiger partial charge in [-0.3, -0.25) is 0 Å². The molecule has 6 heteroatoms. The van der Waals surface area contributed by atoms with E-state index in [0.717, 1.165) is 16.8 Å². The summed E-state index contributed by atoms with van der Waals surface area (Å²) in [6.07, 6.45) is 1.44. The van der Waals surface area contributed by atoms with Gasteiger partial charge < -0.3 is 14.5 Å². The number of hydrogen-bond acceptors (Lipinski definition) is 6. The molecule has 102 valence electrons. The van der Waals surface area contributed by atoms with Gasteiger partial charge in [-0.15, -0.1) is 0 Å². The SMILES string of the molecule is Cc1noc2ncnc(N(CCO)c3ccccc3)c12. The van der Waals surface area contributed by atoms with E-state index in [-0.39, 0.29) is 6.61 Å². The minimum Gasteiger partial charge on any atom is -0.395 e. The average molecular weight is 270 g/mol. The van der Waals surface area contributed by atoms with Gasteiger partial charge in [-0.25, -0.2) is 4.98 Å². The van der Waals surface area contributed by atoms with E-state index in [1.165, 1.54) is 6.33 Å². The van der Waals surface area contributed by atoms with E-state index in [9.17, 15) is 5.11 Å². The number of aryl methyl sites for hydroxylation is 1. The molecule has 0 atom stereocenters. The van der Waals surface area contributed by atoms with Crippen LogP contribution in [0.4, 0.5) is 11.5 Å². The van der Waals surface area contributed by atoms with E-state index in [4.69, 9.17) is 4.52 Å². The molecule has 0 saturated heterocycles. The van der Waals surface area contributed by atoms with Gasteiger partial charge in [-0.1, -0.05) is 23.4 Å². The van der Waals surface area contributed by atoms with Crippen LogP contribution in [0.2, 0.25) is 0 Å². The highest BCUT2D eigenvalue weighted by atomic mass is 16.5. The number of benzene rings is 1. The maximum atomic E-state index is 9.33. The molecule has 2 heterocycles. The van der Waals surface area contributed by atoms with Crippen molar-refractivity contribution in [2.75, 3.05) is 18.1 Å². The minimum absolute atomic E-state index is 0.0186. The van der Waals surface area contributed by atoms with Crippen molar-refractivity contribution in [3.8, 4) is 0 Å². The fraction of sp³-hybridized carbons (Fsp3) is 0.214. The number of rotatable bonds is 4. The zero-order valence-corrected chi connectivity index (χ0v) is 11.0. The van der Waals surface area contributed by atoms with Gasteiger partial charge in [-0.05, 0) is 19.1 Å². The summed E-state index contributed by atoms with van der Waals surface area (Å²) in [4.78, 5) is 10.3. The van der Waals surface area contributed by atoms with Crippen molar-refractivity contribution in [2.45, 2.75) is 6.92 Å². The maximum absolute atomic E-state index is 9.33. The van der Waals surface area contributed by atoms with E-state index in [2.05, 4.69) is 15.1 Å². The molecule has 1 aromatic carbocycles. The van der Waals surface area contributed by atoms with E-state index in [1.54, 1.807) is 0 Å². The Morgan fingerprint density at radius 3 is 2.75 bits per heavy atom. The van der Waals surface area contributed by atoms with Crippen molar-refractivity contribution in [2.24, 2.45) is 0 Å². The first kappa shape index (κ1) is 12.6. The lowest BCUT2D eigenvalue weighted by atomic mass is 10.2. The molecular weight excluding hydrogens is 256 g/mol. The molecule has 0 aliphatic heterocycles. The minimum atomic E-state index is 0.0186. The van der Waals surface area contributed by atoms with Crippen LogP contribution < -0.4 is 4.90 Å². The molecular formula is C14H14N4O2. The molecule has 0 amide bonds. The maximum Gasteiger partial charge on any atom is 0.263 e. The van der Waals surface area contributed by atoms with Gasteiger partial charge in [0.15, 0.2) is 0 Å². The fourth-order valence-electron chi connectivity index (χ4n) is 2.17. The molecule has 3 rings (SSSR count). The van der Waals surface area contributed by atoms with Crippen molar-refractivity contribution in [3.63, 3.8) is 0 Å². The molecule has 0 aliphatic carbocycles. The Kier molecular flexibility index (Phi) is 3.30. The third kappa shape index (κ3) is 2.10. The Labute approximate surface area is 115 Å². The van der Waals surface area contributed by atoms with E-state index >= 15 is 0 Å². The molecule has 6 nitrogen and oxygen atoms in total. The average Bonchev–Trinajstić information content (AvgIpc) is 2.88. The van der Waals surface area contributed by atoms with E-state index in [1.807, 2.05) is 42.2 Å². The molecule has 0 unspecified atom stereocenters. The summed E-state index contributed by atoms with van der Waals surface area (Å²) >= 11 is 0. The van der Waals surface area contributed by atoms with Crippen molar-refractivity contribution in [1.29, 1.82) is 0 Å². The predicted octanol–water partition coefficient (Wildman–Crippen LogP) is 2.06. The van der Waals surface area contributed by atoms with Crippen LogP contribution >= 0.6 is 0 Å². The highest BCUT2D eigenvalue weighted by molar-refractivity contribution is 5.90. The Morgan fingerprint density at radius 1 is 1.20 bits per heavy atom. The van der Waals surface area contributed by atoms with Crippen molar-refractivity contribution >= 4 is 22.6 Å². The number of hydrogen-bond donors (Lipinski definition) is 1. The summed E-state index contributed by atoms with van der Waals surface area (Å²) in [7, 11) is 0. The third-order valence-corrected chi connectivity index (χ3v) is 3.07.